The van der Waals surface area contributed by atoms with Gasteiger partial charge in [0, 0.05) is 19.3 Å². The van der Waals surface area contributed by atoms with E-state index < -0.39 is 18.1 Å². The van der Waals surface area contributed by atoms with E-state index in [1.807, 2.05) is 21.1 Å². The molecule has 0 amide bonds. The molecule has 0 rings (SSSR count). The van der Waals surface area contributed by atoms with Gasteiger partial charge in [-0.25, -0.2) is 0 Å². The van der Waals surface area contributed by atoms with Crippen molar-refractivity contribution in [1.29, 1.82) is 0 Å². The first-order valence-electron chi connectivity index (χ1n) is 27.4. The molecule has 0 bridgehead atoms. The van der Waals surface area contributed by atoms with E-state index in [1.165, 1.54) is 180 Å². The molecule has 0 aliphatic rings. The maximum absolute atomic E-state index is 12.8. The number of allylic oxidation sites excluding steroid dienone is 4. The van der Waals surface area contributed by atoms with Crippen LogP contribution < -0.4 is 5.11 Å². The number of aliphatic carboxylic acids is 1. The maximum Gasteiger partial charge on any atom is 0.306 e. The van der Waals surface area contributed by atoms with Gasteiger partial charge in [-0.05, 0) is 44.9 Å². The van der Waals surface area contributed by atoms with Crippen molar-refractivity contribution in [3.63, 3.8) is 0 Å². The van der Waals surface area contributed by atoms with Crippen LogP contribution in [0.2, 0.25) is 0 Å². The summed E-state index contributed by atoms with van der Waals surface area (Å²) in [5.41, 5.74) is 0. The second kappa shape index (κ2) is 47.3. The van der Waals surface area contributed by atoms with Crippen molar-refractivity contribution in [2.24, 2.45) is 0 Å². The predicted octanol–water partition coefficient (Wildman–Crippen LogP) is 14.6. The predicted molar refractivity (Wildman–Crippen MR) is 268 cm³/mol. The minimum Gasteiger partial charge on any atom is -0.544 e. The third kappa shape index (κ3) is 45.0. The fourth-order valence-electron chi connectivity index (χ4n) is 8.34. The molecule has 64 heavy (non-hydrogen) atoms. The number of ether oxygens (including phenoxy) is 3. The third-order valence-corrected chi connectivity index (χ3v) is 12.6. The van der Waals surface area contributed by atoms with Gasteiger partial charge in [-0.2, -0.15) is 0 Å². The number of nitrogens with zero attached hydrogens (tertiary/aromatic N) is 1. The molecule has 8 heteroatoms. The largest absolute Gasteiger partial charge is 0.544 e. The van der Waals surface area contributed by atoms with Crippen molar-refractivity contribution < 1.29 is 38.2 Å². The summed E-state index contributed by atoms with van der Waals surface area (Å²) in [7, 11) is 5.42. The van der Waals surface area contributed by atoms with E-state index >= 15 is 0 Å². The van der Waals surface area contributed by atoms with E-state index in [1.54, 1.807) is 0 Å². The highest BCUT2D eigenvalue weighted by molar-refractivity contribution is 5.70. The van der Waals surface area contributed by atoms with Gasteiger partial charge < -0.3 is 28.6 Å². The lowest BCUT2D eigenvalue weighted by Crippen LogP contribution is -2.55. The Labute approximate surface area is 396 Å². The molecule has 0 spiro atoms. The number of carboxylic acids is 1. The highest BCUT2D eigenvalue weighted by Crippen LogP contribution is 2.17. The highest BCUT2D eigenvalue weighted by Gasteiger charge is 2.25. The number of quaternary nitrogens is 1. The van der Waals surface area contributed by atoms with E-state index in [-0.39, 0.29) is 42.7 Å². The number of carbonyl (C=O) groups is 3. The Bertz CT molecular complexity index is 1100. The summed E-state index contributed by atoms with van der Waals surface area (Å²) in [6.07, 6.45) is 55.0. The van der Waals surface area contributed by atoms with E-state index in [4.69, 9.17) is 14.2 Å². The summed E-state index contributed by atoms with van der Waals surface area (Å²) in [5, 5.41) is 11.7. The second-order valence-corrected chi connectivity index (χ2v) is 19.8. The molecule has 0 aromatic carbocycles. The Morgan fingerprint density at radius 3 is 1.23 bits per heavy atom. The zero-order chi connectivity index (χ0) is 47.0. The van der Waals surface area contributed by atoms with Crippen LogP contribution in [0.4, 0.5) is 0 Å². The lowest BCUT2D eigenvalue weighted by molar-refractivity contribution is -0.889. The van der Waals surface area contributed by atoms with Crippen LogP contribution in [-0.4, -0.2) is 75.5 Å². The Hall–Kier alpha value is -2.19. The second-order valence-electron chi connectivity index (χ2n) is 19.8. The Morgan fingerprint density at radius 1 is 0.469 bits per heavy atom. The van der Waals surface area contributed by atoms with Gasteiger partial charge in [0.05, 0.1) is 40.3 Å². The monoisotopic (exact) mass is 904 g/mol. The standard InChI is InChI=1S/C56H105NO7/c1-6-8-10-12-14-16-18-20-22-24-25-26-27-28-29-31-32-34-36-38-40-42-44-46-54(58)63-51-52(50-62-49-48-53(56(60)61)57(3,4)5)64-55(59)47-45-43-41-39-37-35-33-30-23-21-19-17-15-13-11-9-7-2/h15,17,21,23,52-53H,6-14,16,18-20,22,24-51H2,1-5H3/b17-15-,23-21-. The fraction of sp³-hybridized carbons (Fsp3) is 0.875. The molecule has 0 saturated heterocycles. The molecule has 0 N–H and O–H groups in total. The number of carboxylic acid groups (broad SMARTS) is 1. The molecular formula is C56H105NO7. The normalized spacial score (nSPS) is 13.0. The van der Waals surface area contributed by atoms with Gasteiger partial charge in [0.1, 0.15) is 12.6 Å². The summed E-state index contributed by atoms with van der Waals surface area (Å²) >= 11 is 0. The average Bonchev–Trinajstić information content (AvgIpc) is 3.26. The minimum atomic E-state index is -1.12. The summed E-state index contributed by atoms with van der Waals surface area (Å²) in [6, 6.07) is -0.725. The summed E-state index contributed by atoms with van der Waals surface area (Å²) < 4.78 is 17.3. The van der Waals surface area contributed by atoms with E-state index in [0.717, 1.165) is 51.4 Å². The summed E-state index contributed by atoms with van der Waals surface area (Å²) in [6.45, 7) is 4.68. The zero-order valence-corrected chi connectivity index (χ0v) is 43.0. The lowest BCUT2D eigenvalue weighted by atomic mass is 10.0. The quantitative estimate of drug-likeness (QED) is 0.0259. The molecule has 0 saturated carbocycles. The number of carbonyl (C=O) groups excluding carboxylic acids is 3. The van der Waals surface area contributed by atoms with Crippen LogP contribution in [0, 0.1) is 0 Å². The average molecular weight is 904 g/mol. The Morgan fingerprint density at radius 2 is 0.828 bits per heavy atom. The van der Waals surface area contributed by atoms with Crippen molar-refractivity contribution >= 4 is 17.9 Å². The van der Waals surface area contributed by atoms with Crippen molar-refractivity contribution in [3.8, 4) is 0 Å². The van der Waals surface area contributed by atoms with Crippen LogP contribution in [0.3, 0.4) is 0 Å². The number of unbranched alkanes of at least 4 members (excludes halogenated alkanes) is 32. The Kier molecular flexibility index (Phi) is 45.7. The van der Waals surface area contributed by atoms with Crippen LogP contribution in [-0.2, 0) is 28.6 Å². The van der Waals surface area contributed by atoms with Crippen LogP contribution in [0.25, 0.3) is 0 Å². The first-order chi connectivity index (χ1) is 31.1. The molecule has 0 radical (unpaired) electrons. The molecular weight excluding hydrogens is 799 g/mol. The van der Waals surface area contributed by atoms with Crippen molar-refractivity contribution in [1.82, 2.24) is 0 Å². The van der Waals surface area contributed by atoms with E-state index in [2.05, 4.69) is 38.2 Å². The molecule has 0 fully saturated rings. The van der Waals surface area contributed by atoms with Gasteiger partial charge in [0.2, 0.25) is 0 Å². The molecule has 0 heterocycles. The molecule has 2 unspecified atom stereocenters. The van der Waals surface area contributed by atoms with E-state index in [0.29, 0.717) is 12.8 Å². The molecule has 8 nitrogen and oxygen atoms in total. The van der Waals surface area contributed by atoms with Crippen molar-refractivity contribution in [2.75, 3.05) is 41.0 Å². The van der Waals surface area contributed by atoms with Gasteiger partial charge in [0.25, 0.3) is 0 Å². The topological polar surface area (TPSA) is 102 Å². The smallest absolute Gasteiger partial charge is 0.306 e. The van der Waals surface area contributed by atoms with E-state index in [9.17, 15) is 19.5 Å². The molecule has 2 atom stereocenters. The minimum absolute atomic E-state index is 0.0420. The van der Waals surface area contributed by atoms with Gasteiger partial charge in [-0.1, -0.05) is 224 Å². The molecule has 0 aliphatic heterocycles. The number of esters is 2. The van der Waals surface area contributed by atoms with Gasteiger partial charge in [-0.3, -0.25) is 9.59 Å². The number of hydrogen-bond donors (Lipinski definition) is 0. The van der Waals surface area contributed by atoms with Crippen molar-refractivity contribution in [3.05, 3.63) is 24.3 Å². The fourth-order valence-corrected chi connectivity index (χ4v) is 8.34. The lowest BCUT2D eigenvalue weighted by Gasteiger charge is -2.34. The van der Waals surface area contributed by atoms with Crippen LogP contribution in [0.5, 0.6) is 0 Å². The summed E-state index contributed by atoms with van der Waals surface area (Å²) in [5.74, 6) is -1.73. The number of rotatable bonds is 50. The zero-order valence-electron chi connectivity index (χ0n) is 43.0. The van der Waals surface area contributed by atoms with Crippen molar-refractivity contribution in [2.45, 2.75) is 276 Å². The molecule has 0 aromatic heterocycles. The Balaban J connectivity index is 4.15. The van der Waals surface area contributed by atoms with Crippen LogP contribution >= 0.6 is 0 Å². The molecule has 0 aliphatic carbocycles. The molecule has 376 valence electrons. The number of hydrogen-bond acceptors (Lipinski definition) is 7. The third-order valence-electron chi connectivity index (χ3n) is 12.6. The first kappa shape index (κ1) is 61.8. The van der Waals surface area contributed by atoms with Crippen LogP contribution in [0.15, 0.2) is 24.3 Å². The van der Waals surface area contributed by atoms with Gasteiger partial charge in [-0.15, -0.1) is 0 Å². The van der Waals surface area contributed by atoms with Gasteiger partial charge in [0.15, 0.2) is 6.10 Å². The maximum atomic E-state index is 12.8. The first-order valence-corrected chi connectivity index (χ1v) is 27.4. The number of likely N-dealkylation sites (N-methyl/N-ethyl adjacent to an activating group) is 1. The van der Waals surface area contributed by atoms with Crippen LogP contribution in [0.1, 0.15) is 264 Å². The molecule has 0 aromatic rings. The SMILES string of the molecule is CCCCC/C=C\C/C=C\CCCCCCCCCC(=O)OC(COCCC(C(=O)[O-])[N+](C)(C)C)COC(=O)CCCCCCCCCCCCCCCCCCCCCCCCC. The highest BCUT2D eigenvalue weighted by atomic mass is 16.6. The summed E-state index contributed by atoms with van der Waals surface area (Å²) in [4.78, 5) is 37.1. The van der Waals surface area contributed by atoms with Gasteiger partial charge >= 0.3 is 11.9 Å².